The first-order valence-electron chi connectivity index (χ1n) is 7.58. The number of rotatable bonds is 8. The molecule has 0 aliphatic carbocycles. The third kappa shape index (κ3) is 4.54. The molecule has 1 saturated heterocycles. The second-order valence-corrected chi connectivity index (χ2v) is 5.27. The van der Waals surface area contributed by atoms with Gasteiger partial charge < -0.3 is 14.6 Å². The molecule has 0 saturated carbocycles. The second-order valence-electron chi connectivity index (χ2n) is 5.27. The predicted octanol–water partition coefficient (Wildman–Crippen LogP) is 1.22. The number of nitrogens with one attached hydrogen (secondary N) is 1. The van der Waals surface area contributed by atoms with Gasteiger partial charge in [0.15, 0.2) is 5.82 Å². The van der Waals surface area contributed by atoms with Crippen molar-refractivity contribution in [2.24, 2.45) is 0 Å². The summed E-state index contributed by atoms with van der Waals surface area (Å²) in [6.45, 7) is 6.58. The highest BCUT2D eigenvalue weighted by Crippen LogP contribution is 2.18. The molecule has 0 amide bonds. The Morgan fingerprint density at radius 2 is 2.35 bits per heavy atom. The normalized spacial score (nSPS) is 20.4. The SMILES string of the molecule is CCc1noc(CN2CCCCC2CNCCOC)n1. The average molecular weight is 282 g/mol. The van der Waals surface area contributed by atoms with Gasteiger partial charge in [-0.2, -0.15) is 4.98 Å². The third-order valence-electron chi connectivity index (χ3n) is 3.78. The van der Waals surface area contributed by atoms with E-state index < -0.39 is 0 Å². The van der Waals surface area contributed by atoms with Gasteiger partial charge in [0.05, 0.1) is 13.2 Å². The summed E-state index contributed by atoms with van der Waals surface area (Å²) in [4.78, 5) is 6.86. The van der Waals surface area contributed by atoms with Crippen LogP contribution >= 0.6 is 0 Å². The first-order valence-corrected chi connectivity index (χ1v) is 7.58. The summed E-state index contributed by atoms with van der Waals surface area (Å²) < 4.78 is 10.4. The zero-order valence-corrected chi connectivity index (χ0v) is 12.6. The third-order valence-corrected chi connectivity index (χ3v) is 3.78. The number of ether oxygens (including phenoxy) is 1. The van der Waals surface area contributed by atoms with Gasteiger partial charge in [-0.05, 0) is 19.4 Å². The van der Waals surface area contributed by atoms with Crippen molar-refractivity contribution in [1.82, 2.24) is 20.4 Å². The standard InChI is InChI=1S/C14H26N4O2/c1-3-13-16-14(20-17-13)11-18-8-5-4-6-12(18)10-15-7-9-19-2/h12,15H,3-11H2,1-2H3. The summed E-state index contributed by atoms with van der Waals surface area (Å²) in [7, 11) is 1.73. The Morgan fingerprint density at radius 3 is 3.10 bits per heavy atom. The fraction of sp³-hybridized carbons (Fsp3) is 0.857. The predicted molar refractivity (Wildman–Crippen MR) is 76.5 cm³/mol. The van der Waals surface area contributed by atoms with Crippen LogP contribution < -0.4 is 5.32 Å². The lowest BCUT2D eigenvalue weighted by atomic mass is 10.0. The highest BCUT2D eigenvalue weighted by molar-refractivity contribution is 4.88. The van der Waals surface area contributed by atoms with E-state index >= 15 is 0 Å². The highest BCUT2D eigenvalue weighted by atomic mass is 16.5. The van der Waals surface area contributed by atoms with E-state index in [9.17, 15) is 0 Å². The number of hydrogen-bond donors (Lipinski definition) is 1. The van der Waals surface area contributed by atoms with E-state index in [0.29, 0.717) is 6.04 Å². The molecule has 0 spiro atoms. The topological polar surface area (TPSA) is 63.4 Å². The summed E-state index contributed by atoms with van der Waals surface area (Å²) in [6.07, 6.45) is 4.61. The zero-order chi connectivity index (χ0) is 14.2. The van der Waals surface area contributed by atoms with Crippen LogP contribution in [0.3, 0.4) is 0 Å². The molecular formula is C14H26N4O2. The van der Waals surface area contributed by atoms with Crippen LogP contribution in [0.5, 0.6) is 0 Å². The van der Waals surface area contributed by atoms with Crippen molar-refractivity contribution in [3.8, 4) is 0 Å². The van der Waals surface area contributed by atoms with E-state index in [-0.39, 0.29) is 0 Å². The Kier molecular flexibility index (Phi) is 6.42. The van der Waals surface area contributed by atoms with Gasteiger partial charge in [-0.1, -0.05) is 18.5 Å². The molecule has 1 aliphatic heterocycles. The Labute approximate surface area is 120 Å². The summed E-state index contributed by atoms with van der Waals surface area (Å²) in [5.74, 6) is 1.54. The molecule has 1 aromatic heterocycles. The fourth-order valence-corrected chi connectivity index (χ4v) is 2.61. The molecule has 1 aliphatic rings. The van der Waals surface area contributed by atoms with Crippen LogP contribution in [0.15, 0.2) is 4.52 Å². The van der Waals surface area contributed by atoms with Gasteiger partial charge >= 0.3 is 0 Å². The molecule has 20 heavy (non-hydrogen) atoms. The lowest BCUT2D eigenvalue weighted by Crippen LogP contribution is -2.45. The largest absolute Gasteiger partial charge is 0.383 e. The van der Waals surface area contributed by atoms with Gasteiger partial charge in [0.1, 0.15) is 0 Å². The lowest BCUT2D eigenvalue weighted by Gasteiger charge is -2.34. The molecule has 1 aromatic rings. The maximum atomic E-state index is 5.31. The maximum absolute atomic E-state index is 5.31. The minimum Gasteiger partial charge on any atom is -0.383 e. The van der Waals surface area contributed by atoms with Crippen molar-refractivity contribution in [2.45, 2.75) is 45.2 Å². The van der Waals surface area contributed by atoms with Gasteiger partial charge in [-0.25, -0.2) is 0 Å². The molecule has 114 valence electrons. The van der Waals surface area contributed by atoms with Crippen LogP contribution in [-0.4, -0.2) is 54.4 Å². The quantitative estimate of drug-likeness (QED) is 0.723. The van der Waals surface area contributed by atoms with Crippen molar-refractivity contribution >= 4 is 0 Å². The molecule has 2 rings (SSSR count). The van der Waals surface area contributed by atoms with E-state index in [1.807, 2.05) is 6.92 Å². The minimum absolute atomic E-state index is 0.553. The van der Waals surface area contributed by atoms with Crippen molar-refractivity contribution in [3.63, 3.8) is 0 Å². The number of nitrogens with zero attached hydrogens (tertiary/aromatic N) is 3. The Morgan fingerprint density at radius 1 is 1.45 bits per heavy atom. The minimum atomic E-state index is 0.553. The van der Waals surface area contributed by atoms with Gasteiger partial charge in [-0.15, -0.1) is 0 Å². The van der Waals surface area contributed by atoms with Gasteiger partial charge in [0.2, 0.25) is 5.89 Å². The van der Waals surface area contributed by atoms with Crippen molar-refractivity contribution in [2.75, 3.05) is 33.4 Å². The van der Waals surface area contributed by atoms with Crippen molar-refractivity contribution < 1.29 is 9.26 Å². The van der Waals surface area contributed by atoms with Crippen LogP contribution in [0, 0.1) is 0 Å². The maximum Gasteiger partial charge on any atom is 0.240 e. The van der Waals surface area contributed by atoms with Crippen LogP contribution in [0.1, 0.15) is 37.9 Å². The van der Waals surface area contributed by atoms with E-state index in [1.54, 1.807) is 7.11 Å². The van der Waals surface area contributed by atoms with Crippen LogP contribution in [0.25, 0.3) is 0 Å². The van der Waals surface area contributed by atoms with Crippen LogP contribution in [-0.2, 0) is 17.7 Å². The highest BCUT2D eigenvalue weighted by Gasteiger charge is 2.23. The molecule has 1 unspecified atom stereocenters. The lowest BCUT2D eigenvalue weighted by molar-refractivity contribution is 0.119. The smallest absolute Gasteiger partial charge is 0.240 e. The van der Waals surface area contributed by atoms with E-state index in [1.165, 1.54) is 19.3 Å². The van der Waals surface area contributed by atoms with Gasteiger partial charge in [0, 0.05) is 32.7 Å². The van der Waals surface area contributed by atoms with Gasteiger partial charge in [0.25, 0.3) is 0 Å². The van der Waals surface area contributed by atoms with Crippen LogP contribution in [0.4, 0.5) is 0 Å². The van der Waals surface area contributed by atoms with E-state index in [0.717, 1.165) is 50.9 Å². The number of piperidine rings is 1. The first-order chi connectivity index (χ1) is 9.83. The second kappa shape index (κ2) is 8.34. The first kappa shape index (κ1) is 15.4. The number of methoxy groups -OCH3 is 1. The molecule has 0 radical (unpaired) electrons. The Balaban J connectivity index is 1.82. The summed E-state index contributed by atoms with van der Waals surface area (Å²) in [6, 6.07) is 0.553. The molecular weight excluding hydrogens is 256 g/mol. The Bertz CT molecular complexity index is 383. The number of likely N-dealkylation sites (tertiary alicyclic amines) is 1. The number of aromatic nitrogens is 2. The zero-order valence-electron chi connectivity index (χ0n) is 12.6. The van der Waals surface area contributed by atoms with E-state index in [2.05, 4.69) is 20.4 Å². The van der Waals surface area contributed by atoms with Crippen molar-refractivity contribution in [3.05, 3.63) is 11.7 Å². The summed E-state index contributed by atoms with van der Waals surface area (Å²) in [5.41, 5.74) is 0. The number of aryl methyl sites for hydroxylation is 1. The van der Waals surface area contributed by atoms with E-state index in [4.69, 9.17) is 9.26 Å². The molecule has 2 heterocycles. The Hall–Kier alpha value is -0.980. The average Bonchev–Trinajstić information content (AvgIpc) is 2.93. The van der Waals surface area contributed by atoms with Gasteiger partial charge in [-0.3, -0.25) is 4.90 Å². The molecule has 1 atom stereocenters. The molecule has 0 aromatic carbocycles. The number of hydrogen-bond acceptors (Lipinski definition) is 6. The molecule has 1 N–H and O–H groups in total. The van der Waals surface area contributed by atoms with Crippen LogP contribution in [0.2, 0.25) is 0 Å². The monoisotopic (exact) mass is 282 g/mol. The van der Waals surface area contributed by atoms with Crippen molar-refractivity contribution in [1.29, 1.82) is 0 Å². The molecule has 1 fully saturated rings. The molecule has 6 nitrogen and oxygen atoms in total. The fourth-order valence-electron chi connectivity index (χ4n) is 2.61. The molecule has 0 bridgehead atoms. The molecule has 6 heteroatoms. The summed E-state index contributed by atoms with van der Waals surface area (Å²) >= 11 is 0. The summed E-state index contributed by atoms with van der Waals surface area (Å²) in [5, 5.41) is 7.42.